The fraction of sp³-hybridized carbons (Fsp3) is 0.909. The van der Waals surface area contributed by atoms with Crippen LogP contribution in [-0.4, -0.2) is 53.2 Å². The van der Waals surface area contributed by atoms with Crippen LogP contribution in [0.2, 0.25) is 0 Å². The van der Waals surface area contributed by atoms with Gasteiger partial charge in [0.15, 0.2) is 0 Å². The SMILES string of the molecule is CC(C)(O)CN(C(=O)CCl)C1CCOCC1. The van der Waals surface area contributed by atoms with Gasteiger partial charge in [-0.05, 0) is 26.7 Å². The predicted octanol–water partition coefficient (Wildman–Crippen LogP) is 1.00. The number of rotatable bonds is 4. The molecule has 0 aromatic heterocycles. The molecule has 1 aliphatic rings. The van der Waals surface area contributed by atoms with E-state index < -0.39 is 5.60 Å². The van der Waals surface area contributed by atoms with E-state index in [0.717, 1.165) is 12.8 Å². The highest BCUT2D eigenvalue weighted by Crippen LogP contribution is 2.18. The van der Waals surface area contributed by atoms with Crippen molar-refractivity contribution in [3.05, 3.63) is 0 Å². The van der Waals surface area contributed by atoms with Crippen LogP contribution < -0.4 is 0 Å². The summed E-state index contributed by atoms with van der Waals surface area (Å²) in [4.78, 5) is 13.4. The van der Waals surface area contributed by atoms with E-state index in [1.807, 2.05) is 0 Å². The molecular weight excluding hydrogens is 230 g/mol. The molecule has 94 valence electrons. The third kappa shape index (κ3) is 4.28. The molecule has 4 nitrogen and oxygen atoms in total. The van der Waals surface area contributed by atoms with Crippen LogP contribution in [0, 0.1) is 0 Å². The van der Waals surface area contributed by atoms with E-state index >= 15 is 0 Å². The minimum atomic E-state index is -0.889. The minimum Gasteiger partial charge on any atom is -0.389 e. The van der Waals surface area contributed by atoms with Crippen molar-refractivity contribution in [1.82, 2.24) is 4.90 Å². The van der Waals surface area contributed by atoms with Crippen molar-refractivity contribution in [3.63, 3.8) is 0 Å². The molecule has 0 aromatic carbocycles. The maximum atomic E-state index is 11.7. The molecule has 0 radical (unpaired) electrons. The number of alkyl halides is 1. The first-order valence-corrected chi connectivity index (χ1v) is 6.13. The largest absolute Gasteiger partial charge is 0.389 e. The zero-order valence-corrected chi connectivity index (χ0v) is 10.7. The summed E-state index contributed by atoms with van der Waals surface area (Å²) in [5.41, 5.74) is -0.889. The lowest BCUT2D eigenvalue weighted by Gasteiger charge is -2.37. The van der Waals surface area contributed by atoms with Crippen molar-refractivity contribution in [2.24, 2.45) is 0 Å². The van der Waals surface area contributed by atoms with E-state index in [2.05, 4.69) is 0 Å². The molecule has 1 fully saturated rings. The summed E-state index contributed by atoms with van der Waals surface area (Å²) in [6, 6.07) is 0.145. The molecule has 0 unspecified atom stereocenters. The number of ether oxygens (including phenoxy) is 1. The van der Waals surface area contributed by atoms with Gasteiger partial charge in [-0.2, -0.15) is 0 Å². The average Bonchev–Trinajstić information content (AvgIpc) is 2.25. The van der Waals surface area contributed by atoms with Gasteiger partial charge in [0.1, 0.15) is 5.88 Å². The fourth-order valence-electron chi connectivity index (χ4n) is 1.91. The van der Waals surface area contributed by atoms with Crippen LogP contribution in [0.4, 0.5) is 0 Å². The van der Waals surface area contributed by atoms with E-state index in [1.54, 1.807) is 18.7 Å². The smallest absolute Gasteiger partial charge is 0.237 e. The van der Waals surface area contributed by atoms with Crippen LogP contribution in [0.3, 0.4) is 0 Å². The van der Waals surface area contributed by atoms with Crippen LogP contribution in [0.1, 0.15) is 26.7 Å². The van der Waals surface area contributed by atoms with Gasteiger partial charge in [0.25, 0.3) is 0 Å². The highest BCUT2D eigenvalue weighted by molar-refractivity contribution is 6.27. The molecule has 0 atom stereocenters. The van der Waals surface area contributed by atoms with Crippen LogP contribution >= 0.6 is 11.6 Å². The number of halogens is 1. The van der Waals surface area contributed by atoms with Crippen molar-refractivity contribution < 1.29 is 14.6 Å². The molecule has 0 saturated carbocycles. The van der Waals surface area contributed by atoms with E-state index in [9.17, 15) is 9.90 Å². The number of carbonyl (C=O) groups is 1. The van der Waals surface area contributed by atoms with Crippen molar-refractivity contribution in [3.8, 4) is 0 Å². The van der Waals surface area contributed by atoms with E-state index in [0.29, 0.717) is 19.8 Å². The summed E-state index contributed by atoms with van der Waals surface area (Å²) in [5.74, 6) is -0.149. The molecule has 5 heteroatoms. The van der Waals surface area contributed by atoms with Crippen LogP contribution in [0.25, 0.3) is 0 Å². The fourth-order valence-corrected chi connectivity index (χ4v) is 2.06. The third-order valence-electron chi connectivity index (χ3n) is 2.62. The molecule has 0 bridgehead atoms. The van der Waals surface area contributed by atoms with Gasteiger partial charge in [-0.3, -0.25) is 4.79 Å². The normalized spacial score (nSPS) is 18.5. The van der Waals surface area contributed by atoms with Gasteiger partial charge < -0.3 is 14.7 Å². The Kier molecular flexibility index (Phi) is 5.02. The second kappa shape index (κ2) is 5.84. The Labute approximate surface area is 102 Å². The number of aliphatic hydroxyl groups is 1. The number of hydrogen-bond acceptors (Lipinski definition) is 3. The zero-order valence-electron chi connectivity index (χ0n) is 9.91. The van der Waals surface area contributed by atoms with Crippen molar-refractivity contribution in [2.45, 2.75) is 38.3 Å². The first-order valence-electron chi connectivity index (χ1n) is 5.59. The number of hydrogen-bond donors (Lipinski definition) is 1. The van der Waals surface area contributed by atoms with Crippen LogP contribution in [0.15, 0.2) is 0 Å². The summed E-state index contributed by atoms with van der Waals surface area (Å²) < 4.78 is 5.26. The maximum absolute atomic E-state index is 11.7. The molecule has 0 spiro atoms. The Balaban J connectivity index is 2.65. The molecule has 0 aliphatic carbocycles. The van der Waals surface area contributed by atoms with Gasteiger partial charge in [0.2, 0.25) is 5.91 Å². The van der Waals surface area contributed by atoms with Gasteiger partial charge in [0.05, 0.1) is 5.60 Å². The highest BCUT2D eigenvalue weighted by Gasteiger charge is 2.29. The molecule has 1 amide bonds. The molecule has 1 saturated heterocycles. The Morgan fingerprint density at radius 2 is 2.06 bits per heavy atom. The van der Waals surface area contributed by atoms with Crippen molar-refractivity contribution >= 4 is 17.5 Å². The number of carbonyl (C=O) groups excluding carboxylic acids is 1. The van der Waals surface area contributed by atoms with E-state index in [1.165, 1.54) is 0 Å². The number of nitrogens with zero attached hydrogens (tertiary/aromatic N) is 1. The summed E-state index contributed by atoms with van der Waals surface area (Å²) >= 11 is 5.59. The average molecular weight is 250 g/mol. The quantitative estimate of drug-likeness (QED) is 0.757. The monoisotopic (exact) mass is 249 g/mol. The summed E-state index contributed by atoms with van der Waals surface area (Å²) in [6.45, 7) is 5.05. The lowest BCUT2D eigenvalue weighted by molar-refractivity contribution is -0.136. The van der Waals surface area contributed by atoms with Crippen molar-refractivity contribution in [2.75, 3.05) is 25.6 Å². The lowest BCUT2D eigenvalue weighted by Crippen LogP contribution is -2.50. The van der Waals surface area contributed by atoms with Gasteiger partial charge >= 0.3 is 0 Å². The highest BCUT2D eigenvalue weighted by atomic mass is 35.5. The molecular formula is C11H20ClNO3. The molecule has 1 N–H and O–H groups in total. The summed E-state index contributed by atoms with van der Waals surface area (Å²) in [5, 5.41) is 9.79. The van der Waals surface area contributed by atoms with Crippen molar-refractivity contribution in [1.29, 1.82) is 0 Å². The number of amides is 1. The topological polar surface area (TPSA) is 49.8 Å². The van der Waals surface area contributed by atoms with Crippen LogP contribution in [0.5, 0.6) is 0 Å². The molecule has 1 heterocycles. The van der Waals surface area contributed by atoms with Gasteiger partial charge in [-0.1, -0.05) is 0 Å². The van der Waals surface area contributed by atoms with E-state index in [-0.39, 0.29) is 17.8 Å². The van der Waals surface area contributed by atoms with Gasteiger partial charge in [0, 0.05) is 25.8 Å². The molecule has 16 heavy (non-hydrogen) atoms. The van der Waals surface area contributed by atoms with Crippen LogP contribution in [-0.2, 0) is 9.53 Å². The first kappa shape index (κ1) is 13.7. The van der Waals surface area contributed by atoms with Gasteiger partial charge in [-0.25, -0.2) is 0 Å². The zero-order chi connectivity index (χ0) is 12.2. The predicted molar refractivity (Wildman–Crippen MR) is 62.6 cm³/mol. The minimum absolute atomic E-state index is 0.0343. The standard InChI is InChI=1S/C11H20ClNO3/c1-11(2,15)8-13(10(14)7-12)9-3-5-16-6-4-9/h9,15H,3-8H2,1-2H3. The first-order chi connectivity index (χ1) is 7.44. The summed E-state index contributed by atoms with van der Waals surface area (Å²) in [7, 11) is 0. The molecule has 0 aromatic rings. The Hall–Kier alpha value is -0.320. The second-order valence-electron chi connectivity index (χ2n) is 4.81. The Bertz CT molecular complexity index is 234. The Morgan fingerprint density at radius 1 is 1.50 bits per heavy atom. The summed E-state index contributed by atoms with van der Waals surface area (Å²) in [6.07, 6.45) is 1.64. The van der Waals surface area contributed by atoms with E-state index in [4.69, 9.17) is 16.3 Å². The lowest BCUT2D eigenvalue weighted by atomic mass is 10.0. The second-order valence-corrected chi connectivity index (χ2v) is 5.08. The third-order valence-corrected chi connectivity index (χ3v) is 2.85. The maximum Gasteiger partial charge on any atom is 0.237 e. The molecule has 1 rings (SSSR count). The van der Waals surface area contributed by atoms with Gasteiger partial charge in [-0.15, -0.1) is 11.6 Å². The molecule has 1 aliphatic heterocycles. The Morgan fingerprint density at radius 3 is 2.50 bits per heavy atom.